The summed E-state index contributed by atoms with van der Waals surface area (Å²) in [6, 6.07) is 0. The fourth-order valence-corrected chi connectivity index (χ4v) is 3.28. The second kappa shape index (κ2) is 6.26. The van der Waals surface area contributed by atoms with E-state index >= 15 is 0 Å². The Bertz CT molecular complexity index is 383. The number of hydrogen-bond donors (Lipinski definition) is 1. The van der Waals surface area contributed by atoms with E-state index in [0.717, 1.165) is 36.7 Å². The molecule has 0 aliphatic carbocycles. The molecule has 0 radical (unpaired) electrons. The van der Waals surface area contributed by atoms with Crippen molar-refractivity contribution in [2.75, 3.05) is 24.6 Å². The first-order valence-corrected chi connectivity index (χ1v) is 7.89. The van der Waals surface area contributed by atoms with Crippen LogP contribution in [0.5, 0.6) is 0 Å². The summed E-state index contributed by atoms with van der Waals surface area (Å²) in [4.78, 5) is 11.1. The van der Waals surface area contributed by atoms with E-state index in [-0.39, 0.29) is 0 Å². The third kappa shape index (κ3) is 3.61. The quantitative estimate of drug-likeness (QED) is 0.669. The highest BCUT2D eigenvalue weighted by Gasteiger charge is 2.12. The highest BCUT2D eigenvalue weighted by atomic mass is 32.2. The average Bonchev–Trinajstić information content (AvgIpc) is 2.85. The fraction of sp³-hybridized carbons (Fsp3) is 0.636. The lowest BCUT2D eigenvalue weighted by Crippen LogP contribution is -2.42. The van der Waals surface area contributed by atoms with Gasteiger partial charge >= 0.3 is 0 Å². The van der Waals surface area contributed by atoms with Crippen molar-refractivity contribution < 1.29 is 0 Å². The van der Waals surface area contributed by atoms with E-state index in [1.54, 1.807) is 11.3 Å². The Morgan fingerprint density at radius 2 is 2.29 bits per heavy atom. The van der Waals surface area contributed by atoms with Gasteiger partial charge in [0.15, 0.2) is 5.96 Å². The molecule has 0 spiro atoms. The SMILES string of the molecule is CCc1nc(CN=C(N)N2CCSCC2)cs1. The van der Waals surface area contributed by atoms with Gasteiger partial charge in [-0.15, -0.1) is 11.3 Å². The summed E-state index contributed by atoms with van der Waals surface area (Å²) in [6.45, 7) is 4.74. The van der Waals surface area contributed by atoms with Gasteiger partial charge in [0.25, 0.3) is 0 Å². The van der Waals surface area contributed by atoms with E-state index in [1.165, 1.54) is 5.01 Å². The molecule has 94 valence electrons. The minimum Gasteiger partial charge on any atom is -0.370 e. The van der Waals surface area contributed by atoms with Gasteiger partial charge in [0, 0.05) is 30.0 Å². The molecule has 1 aliphatic heterocycles. The number of thioether (sulfide) groups is 1. The predicted molar refractivity (Wildman–Crippen MR) is 75.7 cm³/mol. The Kier molecular flexibility index (Phi) is 4.67. The normalized spacial score (nSPS) is 17.5. The Hall–Kier alpha value is -0.750. The second-order valence-electron chi connectivity index (χ2n) is 3.86. The molecule has 4 nitrogen and oxygen atoms in total. The highest BCUT2D eigenvalue weighted by molar-refractivity contribution is 7.99. The fourth-order valence-electron chi connectivity index (χ4n) is 1.64. The molecule has 0 amide bonds. The van der Waals surface area contributed by atoms with Crippen LogP contribution < -0.4 is 5.73 Å². The van der Waals surface area contributed by atoms with E-state index in [0.29, 0.717) is 12.5 Å². The van der Waals surface area contributed by atoms with Crippen molar-refractivity contribution >= 4 is 29.1 Å². The summed E-state index contributed by atoms with van der Waals surface area (Å²) >= 11 is 3.67. The zero-order valence-electron chi connectivity index (χ0n) is 10.1. The molecule has 17 heavy (non-hydrogen) atoms. The van der Waals surface area contributed by atoms with E-state index in [2.05, 4.69) is 27.2 Å². The summed E-state index contributed by atoms with van der Waals surface area (Å²) in [7, 11) is 0. The average molecular weight is 270 g/mol. The molecular weight excluding hydrogens is 252 g/mol. The maximum absolute atomic E-state index is 5.98. The molecule has 1 saturated heterocycles. The van der Waals surface area contributed by atoms with Crippen LogP contribution in [-0.4, -0.2) is 40.4 Å². The van der Waals surface area contributed by atoms with Crippen LogP contribution in [0.25, 0.3) is 0 Å². The third-order valence-corrected chi connectivity index (χ3v) is 4.62. The molecule has 1 aromatic rings. The Labute approximate surface area is 110 Å². The van der Waals surface area contributed by atoms with Crippen LogP contribution in [0.3, 0.4) is 0 Å². The van der Waals surface area contributed by atoms with Crippen LogP contribution in [0.15, 0.2) is 10.4 Å². The van der Waals surface area contributed by atoms with E-state index < -0.39 is 0 Å². The topological polar surface area (TPSA) is 54.5 Å². The van der Waals surface area contributed by atoms with Gasteiger partial charge in [-0.1, -0.05) is 6.92 Å². The molecule has 6 heteroatoms. The highest BCUT2D eigenvalue weighted by Crippen LogP contribution is 2.12. The molecular formula is C11H18N4S2. The first kappa shape index (κ1) is 12.7. The van der Waals surface area contributed by atoms with Crippen LogP contribution >= 0.6 is 23.1 Å². The molecule has 0 atom stereocenters. The molecule has 2 heterocycles. The number of guanidine groups is 1. The van der Waals surface area contributed by atoms with Crippen molar-refractivity contribution in [2.24, 2.45) is 10.7 Å². The summed E-state index contributed by atoms with van der Waals surface area (Å²) in [5.41, 5.74) is 7.01. The largest absolute Gasteiger partial charge is 0.370 e. The van der Waals surface area contributed by atoms with Gasteiger partial charge in [0.2, 0.25) is 0 Å². The van der Waals surface area contributed by atoms with Crippen molar-refractivity contribution in [2.45, 2.75) is 19.9 Å². The lowest BCUT2D eigenvalue weighted by molar-refractivity contribution is 0.455. The van der Waals surface area contributed by atoms with Crippen LogP contribution in [0.4, 0.5) is 0 Å². The molecule has 2 rings (SSSR count). The van der Waals surface area contributed by atoms with Gasteiger partial charge in [-0.25, -0.2) is 9.98 Å². The number of aromatic nitrogens is 1. The number of thiazole rings is 1. The van der Waals surface area contributed by atoms with E-state index in [9.17, 15) is 0 Å². The van der Waals surface area contributed by atoms with Crippen LogP contribution in [0.2, 0.25) is 0 Å². The molecule has 2 N–H and O–H groups in total. The number of aliphatic imine (C=N–C) groups is 1. The summed E-state index contributed by atoms with van der Waals surface area (Å²) in [6.07, 6.45) is 0.993. The standard InChI is InChI=1S/C11H18N4S2/c1-2-10-14-9(8-17-10)7-13-11(12)15-3-5-16-6-4-15/h8H,2-7H2,1H3,(H2,12,13). The number of nitrogens with two attached hydrogens (primary N) is 1. The van der Waals surface area contributed by atoms with Gasteiger partial charge in [-0.2, -0.15) is 11.8 Å². The molecule has 0 saturated carbocycles. The lowest BCUT2D eigenvalue weighted by Gasteiger charge is -2.27. The molecule has 1 aromatic heterocycles. The maximum atomic E-state index is 5.98. The summed E-state index contributed by atoms with van der Waals surface area (Å²) < 4.78 is 0. The lowest BCUT2D eigenvalue weighted by atomic mass is 10.4. The minimum absolute atomic E-state index is 0.603. The van der Waals surface area contributed by atoms with Crippen molar-refractivity contribution in [3.05, 3.63) is 16.1 Å². The Balaban J connectivity index is 1.90. The predicted octanol–water partition coefficient (Wildman–Crippen LogP) is 1.57. The van der Waals surface area contributed by atoms with Gasteiger partial charge in [-0.05, 0) is 6.42 Å². The monoisotopic (exact) mass is 270 g/mol. The van der Waals surface area contributed by atoms with E-state index in [1.807, 2.05) is 11.8 Å². The summed E-state index contributed by atoms with van der Waals surface area (Å²) in [5.74, 6) is 2.95. The van der Waals surface area contributed by atoms with Crippen LogP contribution in [0, 0.1) is 0 Å². The van der Waals surface area contributed by atoms with E-state index in [4.69, 9.17) is 5.73 Å². The van der Waals surface area contributed by atoms with Crippen molar-refractivity contribution in [3.63, 3.8) is 0 Å². The zero-order valence-corrected chi connectivity index (χ0v) is 11.7. The first-order chi connectivity index (χ1) is 8.29. The van der Waals surface area contributed by atoms with Crippen molar-refractivity contribution in [1.82, 2.24) is 9.88 Å². The van der Waals surface area contributed by atoms with Crippen molar-refractivity contribution in [1.29, 1.82) is 0 Å². The van der Waals surface area contributed by atoms with Gasteiger partial charge in [0.05, 0.1) is 17.2 Å². The number of rotatable bonds is 3. The maximum Gasteiger partial charge on any atom is 0.191 e. The summed E-state index contributed by atoms with van der Waals surface area (Å²) in [5, 5.41) is 3.24. The zero-order chi connectivity index (χ0) is 12.1. The minimum atomic E-state index is 0.603. The molecule has 0 bridgehead atoms. The number of hydrogen-bond acceptors (Lipinski definition) is 4. The van der Waals surface area contributed by atoms with Crippen LogP contribution in [0.1, 0.15) is 17.6 Å². The third-order valence-electron chi connectivity index (χ3n) is 2.64. The first-order valence-electron chi connectivity index (χ1n) is 5.85. The van der Waals surface area contributed by atoms with Crippen LogP contribution in [-0.2, 0) is 13.0 Å². The van der Waals surface area contributed by atoms with Gasteiger partial charge in [0.1, 0.15) is 0 Å². The molecule has 0 unspecified atom stereocenters. The van der Waals surface area contributed by atoms with Gasteiger partial charge < -0.3 is 10.6 Å². The number of aryl methyl sites for hydroxylation is 1. The molecule has 1 fully saturated rings. The Morgan fingerprint density at radius 3 is 2.94 bits per heavy atom. The van der Waals surface area contributed by atoms with Gasteiger partial charge in [-0.3, -0.25) is 0 Å². The molecule has 1 aliphatic rings. The Morgan fingerprint density at radius 1 is 1.53 bits per heavy atom. The smallest absolute Gasteiger partial charge is 0.191 e. The number of nitrogens with zero attached hydrogens (tertiary/aromatic N) is 3. The second-order valence-corrected chi connectivity index (χ2v) is 6.03. The van der Waals surface area contributed by atoms with Crippen molar-refractivity contribution in [3.8, 4) is 0 Å². The molecule has 0 aromatic carbocycles.